The molecule has 110 valence electrons. The Bertz CT molecular complexity index is 690. The van der Waals surface area contributed by atoms with E-state index in [0.29, 0.717) is 11.1 Å². The molecule has 0 aromatic heterocycles. The predicted octanol–water partition coefficient (Wildman–Crippen LogP) is 4.44. The van der Waals surface area contributed by atoms with Crippen molar-refractivity contribution < 1.29 is 14.3 Å². The number of hydrogen-bond acceptors (Lipinski definition) is 1. The van der Waals surface area contributed by atoms with E-state index in [1.165, 1.54) is 0 Å². The van der Waals surface area contributed by atoms with Crippen molar-refractivity contribution in [1.82, 2.24) is 0 Å². The summed E-state index contributed by atoms with van der Waals surface area (Å²) >= 11 is 0. The van der Waals surface area contributed by atoms with E-state index in [0.717, 1.165) is 22.3 Å². The molecule has 1 N–H and O–H groups in total. The van der Waals surface area contributed by atoms with Gasteiger partial charge in [-0.05, 0) is 66.6 Å². The fraction of sp³-hybridized carbons (Fsp3) is 0.278. The summed E-state index contributed by atoms with van der Waals surface area (Å²) in [6.45, 7) is 5.60. The van der Waals surface area contributed by atoms with Crippen LogP contribution in [0, 0.1) is 26.6 Å². The number of aryl methyl sites for hydroxylation is 2. The smallest absolute Gasteiger partial charge is 0.303 e. The molecule has 0 atom stereocenters. The van der Waals surface area contributed by atoms with Gasteiger partial charge in [-0.2, -0.15) is 0 Å². The van der Waals surface area contributed by atoms with E-state index >= 15 is 0 Å². The Labute approximate surface area is 124 Å². The molecule has 0 saturated carbocycles. The van der Waals surface area contributed by atoms with Gasteiger partial charge in [-0.1, -0.05) is 24.3 Å². The second-order valence-electron chi connectivity index (χ2n) is 5.37. The van der Waals surface area contributed by atoms with Gasteiger partial charge in [0.25, 0.3) is 0 Å². The fourth-order valence-electron chi connectivity index (χ4n) is 2.64. The molecule has 3 heteroatoms. The normalized spacial score (nSPS) is 10.7. The molecule has 21 heavy (non-hydrogen) atoms. The van der Waals surface area contributed by atoms with Gasteiger partial charge in [0.15, 0.2) is 0 Å². The van der Waals surface area contributed by atoms with Crippen LogP contribution in [0.4, 0.5) is 4.39 Å². The molecule has 0 bridgehead atoms. The lowest BCUT2D eigenvalue weighted by atomic mass is 9.90. The number of carboxylic acids is 1. The minimum absolute atomic E-state index is 0.0611. The first-order chi connectivity index (χ1) is 9.91. The van der Waals surface area contributed by atoms with Crippen LogP contribution in [0.2, 0.25) is 0 Å². The third-order valence-electron chi connectivity index (χ3n) is 3.85. The van der Waals surface area contributed by atoms with E-state index in [1.54, 1.807) is 6.92 Å². The van der Waals surface area contributed by atoms with Crippen molar-refractivity contribution in [1.29, 1.82) is 0 Å². The Kier molecular flexibility index (Phi) is 4.41. The van der Waals surface area contributed by atoms with E-state index in [-0.39, 0.29) is 18.7 Å². The molecule has 0 amide bonds. The van der Waals surface area contributed by atoms with Crippen LogP contribution in [0.1, 0.15) is 28.7 Å². The number of aliphatic carboxylic acids is 1. The van der Waals surface area contributed by atoms with Gasteiger partial charge in [0, 0.05) is 6.42 Å². The summed E-state index contributed by atoms with van der Waals surface area (Å²) < 4.78 is 14.3. The molecule has 0 aliphatic carbocycles. The van der Waals surface area contributed by atoms with Gasteiger partial charge in [0.2, 0.25) is 0 Å². The first-order valence-electron chi connectivity index (χ1n) is 6.98. The Morgan fingerprint density at radius 3 is 2.38 bits per heavy atom. The summed E-state index contributed by atoms with van der Waals surface area (Å²) in [6, 6.07) is 9.80. The topological polar surface area (TPSA) is 37.3 Å². The van der Waals surface area contributed by atoms with Crippen molar-refractivity contribution in [2.75, 3.05) is 0 Å². The average Bonchev–Trinajstić information content (AvgIpc) is 2.43. The fourth-order valence-corrected chi connectivity index (χ4v) is 2.64. The molecule has 2 nitrogen and oxygen atoms in total. The second kappa shape index (κ2) is 6.08. The maximum absolute atomic E-state index is 14.3. The van der Waals surface area contributed by atoms with Gasteiger partial charge >= 0.3 is 5.97 Å². The molecule has 0 aliphatic heterocycles. The van der Waals surface area contributed by atoms with Crippen LogP contribution in [0.15, 0.2) is 30.3 Å². The van der Waals surface area contributed by atoms with Crippen molar-refractivity contribution in [3.05, 3.63) is 58.4 Å². The average molecular weight is 286 g/mol. The number of carboxylic acid groups (broad SMARTS) is 1. The van der Waals surface area contributed by atoms with Crippen LogP contribution in [-0.4, -0.2) is 11.1 Å². The van der Waals surface area contributed by atoms with Crippen molar-refractivity contribution >= 4 is 5.97 Å². The van der Waals surface area contributed by atoms with E-state index in [4.69, 9.17) is 5.11 Å². The monoisotopic (exact) mass is 286 g/mol. The number of benzene rings is 2. The lowest BCUT2D eigenvalue weighted by molar-refractivity contribution is -0.136. The van der Waals surface area contributed by atoms with Gasteiger partial charge < -0.3 is 5.11 Å². The first-order valence-corrected chi connectivity index (χ1v) is 6.98. The minimum Gasteiger partial charge on any atom is -0.481 e. The van der Waals surface area contributed by atoms with Crippen LogP contribution in [-0.2, 0) is 11.2 Å². The maximum Gasteiger partial charge on any atom is 0.303 e. The van der Waals surface area contributed by atoms with Crippen LogP contribution in [0.25, 0.3) is 11.1 Å². The number of hydrogen-bond donors (Lipinski definition) is 1. The van der Waals surface area contributed by atoms with Gasteiger partial charge in [-0.3, -0.25) is 4.79 Å². The molecular formula is C18H19FO2. The van der Waals surface area contributed by atoms with Gasteiger partial charge in [0.05, 0.1) is 0 Å². The van der Waals surface area contributed by atoms with Crippen molar-refractivity contribution in [3.63, 3.8) is 0 Å². The molecule has 0 radical (unpaired) electrons. The zero-order valence-electron chi connectivity index (χ0n) is 12.5. The summed E-state index contributed by atoms with van der Waals surface area (Å²) in [5.41, 5.74) is 5.06. The molecule has 2 rings (SSSR count). The van der Waals surface area contributed by atoms with E-state index in [9.17, 15) is 9.18 Å². The molecule has 2 aromatic rings. The lowest BCUT2D eigenvalue weighted by Crippen LogP contribution is -2.04. The number of halogens is 1. The summed E-state index contributed by atoms with van der Waals surface area (Å²) in [5.74, 6) is -1.20. The molecule has 0 saturated heterocycles. The third-order valence-corrected chi connectivity index (χ3v) is 3.85. The molecule has 0 fully saturated rings. The Morgan fingerprint density at radius 1 is 1.10 bits per heavy atom. The summed E-state index contributed by atoms with van der Waals surface area (Å²) in [7, 11) is 0. The zero-order valence-corrected chi connectivity index (χ0v) is 12.5. The summed E-state index contributed by atoms with van der Waals surface area (Å²) in [4.78, 5) is 10.8. The largest absolute Gasteiger partial charge is 0.481 e. The van der Waals surface area contributed by atoms with Gasteiger partial charge in [-0.25, -0.2) is 4.39 Å². The van der Waals surface area contributed by atoms with Gasteiger partial charge in [-0.15, -0.1) is 0 Å². The molecule has 0 unspecified atom stereocenters. The van der Waals surface area contributed by atoms with Crippen molar-refractivity contribution in [2.45, 2.75) is 33.6 Å². The third kappa shape index (κ3) is 3.13. The van der Waals surface area contributed by atoms with Crippen molar-refractivity contribution in [2.24, 2.45) is 0 Å². The zero-order chi connectivity index (χ0) is 15.6. The highest BCUT2D eigenvalue weighted by molar-refractivity contribution is 5.73. The van der Waals surface area contributed by atoms with Crippen LogP contribution >= 0.6 is 0 Å². The first kappa shape index (κ1) is 15.2. The Hall–Kier alpha value is -2.16. The molecule has 2 aromatic carbocycles. The van der Waals surface area contributed by atoms with E-state index < -0.39 is 5.97 Å². The Balaban J connectivity index is 2.58. The Morgan fingerprint density at radius 2 is 1.76 bits per heavy atom. The van der Waals surface area contributed by atoms with Crippen molar-refractivity contribution in [3.8, 4) is 11.1 Å². The van der Waals surface area contributed by atoms with E-state index in [1.807, 2.05) is 44.2 Å². The maximum atomic E-state index is 14.3. The van der Waals surface area contributed by atoms with Crippen LogP contribution in [0.3, 0.4) is 0 Å². The highest BCUT2D eigenvalue weighted by atomic mass is 19.1. The number of rotatable bonds is 4. The second-order valence-corrected chi connectivity index (χ2v) is 5.37. The summed E-state index contributed by atoms with van der Waals surface area (Å²) in [5, 5.41) is 8.83. The van der Waals surface area contributed by atoms with Gasteiger partial charge in [0.1, 0.15) is 5.82 Å². The van der Waals surface area contributed by atoms with Crippen LogP contribution in [0.5, 0.6) is 0 Å². The minimum atomic E-state index is -0.909. The SMILES string of the molecule is Cc1ccccc1-c1cc(C)c(F)c(CCC(=O)O)c1C. The molecule has 0 aliphatic rings. The predicted molar refractivity (Wildman–Crippen MR) is 82.0 cm³/mol. The molecule has 0 heterocycles. The number of carbonyl (C=O) groups is 1. The highest BCUT2D eigenvalue weighted by Crippen LogP contribution is 2.32. The molecular weight excluding hydrogens is 267 g/mol. The molecule has 0 spiro atoms. The standard InChI is InChI=1S/C18H19FO2/c1-11-6-4-5-7-14(11)16-10-12(2)18(19)15(13(16)3)8-9-17(20)21/h4-7,10H,8-9H2,1-3H3,(H,20,21). The highest BCUT2D eigenvalue weighted by Gasteiger charge is 2.16. The quantitative estimate of drug-likeness (QED) is 0.902. The van der Waals surface area contributed by atoms with Crippen LogP contribution < -0.4 is 0 Å². The lowest BCUT2D eigenvalue weighted by Gasteiger charge is -2.16. The summed E-state index contributed by atoms with van der Waals surface area (Å²) in [6.07, 6.45) is 0.155. The van der Waals surface area contributed by atoms with E-state index in [2.05, 4.69) is 0 Å².